The molecule has 6 amide bonds. The first-order chi connectivity index (χ1) is 20.2. The highest BCUT2D eigenvalue weighted by atomic mass is 16.2. The Bertz CT molecular complexity index is 764. The van der Waals surface area contributed by atoms with Crippen LogP contribution in [0.1, 0.15) is 57.8 Å². The zero-order valence-electron chi connectivity index (χ0n) is 25.3. The normalized spacial score (nSPS) is 21.6. The third-order valence-corrected chi connectivity index (χ3v) is 6.73. The van der Waals surface area contributed by atoms with Crippen LogP contribution in [0.3, 0.4) is 0 Å². The maximum absolute atomic E-state index is 12.9. The van der Waals surface area contributed by atoms with E-state index in [0.29, 0.717) is 38.5 Å². The summed E-state index contributed by atoms with van der Waals surface area (Å²) in [6, 6.07) is -2.76. The smallest absolute Gasteiger partial charge is 0.243 e. The number of hydrogen-bond acceptors (Lipinski definition) is 9. The van der Waals surface area contributed by atoms with Crippen molar-refractivity contribution in [2.75, 3.05) is 60.4 Å². The molecule has 0 bridgehead atoms. The molecule has 0 saturated carbocycles. The largest absolute Gasteiger partial charge is 0.345 e. The van der Waals surface area contributed by atoms with Crippen molar-refractivity contribution in [3.63, 3.8) is 0 Å². The van der Waals surface area contributed by atoms with Gasteiger partial charge in [0.2, 0.25) is 35.4 Å². The average Bonchev–Trinajstić information content (AvgIpc) is 2.97. The molecule has 0 unspecified atom stereocenters. The molecule has 240 valence electrons. The molecule has 0 radical (unpaired) electrons. The van der Waals surface area contributed by atoms with Gasteiger partial charge in [0, 0.05) is 0 Å². The van der Waals surface area contributed by atoms with Gasteiger partial charge in [-0.15, -0.1) is 0 Å². The second-order valence-electron chi connectivity index (χ2n) is 10.3. The van der Waals surface area contributed by atoms with Crippen LogP contribution < -0.4 is 47.9 Å². The van der Waals surface area contributed by atoms with Gasteiger partial charge in [-0.25, -0.2) is 0 Å². The summed E-state index contributed by atoms with van der Waals surface area (Å²) in [5.41, 5.74) is 0. The maximum Gasteiger partial charge on any atom is 0.243 e. The quantitative estimate of drug-likeness (QED) is 0.0878. The molecule has 1 rings (SSSR count). The highest BCUT2D eigenvalue weighted by molar-refractivity contribution is 5.95. The van der Waals surface area contributed by atoms with Crippen molar-refractivity contribution in [2.24, 2.45) is 0 Å². The fourth-order valence-electron chi connectivity index (χ4n) is 4.37. The lowest BCUT2D eigenvalue weighted by molar-refractivity contribution is -0.133. The van der Waals surface area contributed by atoms with Gasteiger partial charge in [0.05, 0.1) is 19.6 Å². The molecule has 15 nitrogen and oxygen atoms in total. The molecule has 15 heteroatoms. The Morgan fingerprint density at radius 3 is 0.976 bits per heavy atom. The molecular weight excluding hydrogens is 546 g/mol. The average molecular weight is 598 g/mol. The van der Waals surface area contributed by atoms with E-state index in [1.54, 1.807) is 0 Å². The topological polar surface area (TPSA) is 211 Å². The summed E-state index contributed by atoms with van der Waals surface area (Å²) in [5, 5.41) is 24.6. The van der Waals surface area contributed by atoms with Gasteiger partial charge < -0.3 is 47.9 Å². The summed E-state index contributed by atoms with van der Waals surface area (Å²) < 4.78 is 0. The minimum Gasteiger partial charge on any atom is -0.345 e. The van der Waals surface area contributed by atoms with Crippen LogP contribution in [-0.4, -0.2) is 114 Å². The predicted molar refractivity (Wildman–Crippen MR) is 158 cm³/mol. The summed E-state index contributed by atoms with van der Waals surface area (Å²) in [5.74, 6) is -3.34. The lowest BCUT2D eigenvalue weighted by Crippen LogP contribution is -2.56. The van der Waals surface area contributed by atoms with E-state index in [9.17, 15) is 28.8 Å². The van der Waals surface area contributed by atoms with E-state index >= 15 is 0 Å². The van der Waals surface area contributed by atoms with E-state index < -0.39 is 73.2 Å². The fraction of sp³-hybridized carbons (Fsp3) is 0.778. The minimum absolute atomic E-state index is 0.329. The Morgan fingerprint density at radius 1 is 0.476 bits per heavy atom. The zero-order valence-corrected chi connectivity index (χ0v) is 25.3. The molecular formula is C27H51N9O6. The molecule has 1 saturated heterocycles. The van der Waals surface area contributed by atoms with E-state index in [0.717, 1.165) is 38.9 Å². The van der Waals surface area contributed by atoms with Crippen molar-refractivity contribution in [2.45, 2.75) is 75.9 Å². The first-order valence-corrected chi connectivity index (χ1v) is 14.9. The zero-order chi connectivity index (χ0) is 31.2. The number of amides is 6. The predicted octanol–water partition coefficient (Wildman–Crippen LogP) is -3.03. The molecule has 9 N–H and O–H groups in total. The molecule has 0 aromatic rings. The van der Waals surface area contributed by atoms with Crippen molar-refractivity contribution in [1.29, 1.82) is 0 Å². The van der Waals surface area contributed by atoms with Gasteiger partial charge in [-0.1, -0.05) is 0 Å². The Kier molecular flexibility index (Phi) is 19.5. The van der Waals surface area contributed by atoms with E-state index in [1.807, 2.05) is 21.1 Å². The highest BCUT2D eigenvalue weighted by Crippen LogP contribution is 2.04. The molecule has 0 aliphatic carbocycles. The summed E-state index contributed by atoms with van der Waals surface area (Å²) in [6.07, 6.45) is 5.19. The van der Waals surface area contributed by atoms with Crippen LogP contribution in [0.15, 0.2) is 0 Å². The number of unbranched alkanes of at least 4 members (excludes halogenated alkanes) is 3. The fourth-order valence-corrected chi connectivity index (χ4v) is 4.37. The lowest BCUT2D eigenvalue weighted by atomic mass is 10.1. The van der Waals surface area contributed by atoms with Gasteiger partial charge in [0.25, 0.3) is 0 Å². The van der Waals surface area contributed by atoms with Crippen molar-refractivity contribution in [3.8, 4) is 0 Å². The summed E-state index contributed by atoms with van der Waals surface area (Å²) >= 11 is 0. The summed E-state index contributed by atoms with van der Waals surface area (Å²) in [4.78, 5) is 76.8. The van der Waals surface area contributed by atoms with Crippen molar-refractivity contribution in [3.05, 3.63) is 0 Å². The van der Waals surface area contributed by atoms with Crippen molar-refractivity contribution < 1.29 is 28.8 Å². The Hall–Kier alpha value is -3.30. The molecule has 0 aromatic carbocycles. The van der Waals surface area contributed by atoms with Crippen LogP contribution in [0.2, 0.25) is 0 Å². The van der Waals surface area contributed by atoms with Crippen LogP contribution >= 0.6 is 0 Å². The third kappa shape index (κ3) is 16.2. The number of rotatable bonds is 15. The monoisotopic (exact) mass is 597 g/mol. The second-order valence-corrected chi connectivity index (χ2v) is 10.3. The molecule has 1 aliphatic rings. The maximum atomic E-state index is 12.9. The third-order valence-electron chi connectivity index (χ3n) is 6.73. The Labute approximate surface area is 248 Å². The van der Waals surface area contributed by atoms with E-state index in [-0.39, 0.29) is 0 Å². The van der Waals surface area contributed by atoms with Crippen molar-refractivity contribution in [1.82, 2.24) is 47.9 Å². The van der Waals surface area contributed by atoms with Gasteiger partial charge in [0.15, 0.2) is 0 Å². The Morgan fingerprint density at radius 2 is 0.738 bits per heavy atom. The van der Waals surface area contributed by atoms with Gasteiger partial charge in [-0.3, -0.25) is 28.8 Å². The number of carbonyl (C=O) groups is 6. The van der Waals surface area contributed by atoms with Gasteiger partial charge in [-0.05, 0) is 98.6 Å². The molecule has 42 heavy (non-hydrogen) atoms. The van der Waals surface area contributed by atoms with E-state index in [1.165, 1.54) is 0 Å². The molecule has 0 aromatic heterocycles. The number of hydrogen-bond donors (Lipinski definition) is 9. The summed E-state index contributed by atoms with van der Waals surface area (Å²) in [7, 11) is 5.45. The minimum atomic E-state index is -0.921. The molecule has 1 aliphatic heterocycles. The molecule has 1 fully saturated rings. The first-order valence-electron chi connectivity index (χ1n) is 14.9. The lowest BCUT2D eigenvalue weighted by Gasteiger charge is -2.22. The first kappa shape index (κ1) is 36.7. The van der Waals surface area contributed by atoms with Gasteiger partial charge >= 0.3 is 0 Å². The van der Waals surface area contributed by atoms with Gasteiger partial charge in [0.1, 0.15) is 18.1 Å². The van der Waals surface area contributed by atoms with E-state index in [2.05, 4.69) is 47.9 Å². The van der Waals surface area contributed by atoms with Crippen LogP contribution in [-0.2, 0) is 28.8 Å². The molecule has 3 atom stereocenters. The van der Waals surface area contributed by atoms with Crippen LogP contribution in [0.5, 0.6) is 0 Å². The summed E-state index contributed by atoms with van der Waals surface area (Å²) in [6.45, 7) is 1.03. The van der Waals surface area contributed by atoms with Crippen LogP contribution in [0.25, 0.3) is 0 Å². The number of carbonyl (C=O) groups excluding carboxylic acids is 6. The SMILES string of the molecule is CNCCCC[C@@H]1NC(=O)CNC(=O)[C@H](CCCCNC)NC(=O)CNC(=O)[C@H](CCCCNC)NC(=O)CNC1=O. The highest BCUT2D eigenvalue weighted by Gasteiger charge is 2.26. The van der Waals surface area contributed by atoms with Crippen LogP contribution in [0, 0.1) is 0 Å². The van der Waals surface area contributed by atoms with Gasteiger partial charge in [-0.2, -0.15) is 0 Å². The molecule has 1 heterocycles. The van der Waals surface area contributed by atoms with Crippen LogP contribution in [0.4, 0.5) is 0 Å². The standard InChI is InChI=1S/C27H51N9O6/c1-28-13-7-4-10-19-25(40)31-17-23(38)35-21(12-6-9-15-30-3)27(42)33-18-24(39)36-20(11-5-8-14-29-2)26(41)32-16-22(37)34-19/h19-21,28-30H,4-18H2,1-3H3,(H,31,40)(H,32,41)(H,33,42)(H,34,37)(H,35,38)(H,36,39)/t19-,20-,21-/m0/s1. The molecule has 0 spiro atoms. The Balaban J connectivity index is 3.09. The number of nitrogens with one attached hydrogen (secondary N) is 9. The van der Waals surface area contributed by atoms with E-state index in [4.69, 9.17) is 0 Å². The second kappa shape index (κ2) is 22.3. The van der Waals surface area contributed by atoms with Crippen molar-refractivity contribution >= 4 is 35.4 Å².